The van der Waals surface area contributed by atoms with E-state index in [0.29, 0.717) is 0 Å². The molecule has 0 spiro atoms. The van der Waals surface area contributed by atoms with Gasteiger partial charge in [0, 0.05) is 5.33 Å². The highest BCUT2D eigenvalue weighted by Gasteiger charge is 2.16. The Morgan fingerprint density at radius 2 is 2.09 bits per heavy atom. The van der Waals surface area contributed by atoms with Crippen LogP contribution in [0.25, 0.3) is 0 Å². The Balaban J connectivity index is 3.64. The van der Waals surface area contributed by atoms with Crippen LogP contribution in [0.5, 0.6) is 0 Å². The molecule has 0 rings (SSSR count). The Labute approximate surface area is 83.9 Å². The van der Waals surface area contributed by atoms with Gasteiger partial charge < -0.3 is 4.74 Å². The zero-order chi connectivity index (χ0) is 8.85. The fraction of sp³-hybridized carbons (Fsp3) is 0.857. The molecule has 2 nitrogen and oxygen atoms in total. The largest absolute Gasteiger partial charge is 0.462 e. The van der Waals surface area contributed by atoms with Gasteiger partial charge in [-0.2, -0.15) is 0 Å². The van der Waals surface area contributed by atoms with Gasteiger partial charge >= 0.3 is 5.97 Å². The molecule has 0 aliphatic rings. The van der Waals surface area contributed by atoms with E-state index in [-0.39, 0.29) is 16.9 Å². The monoisotopic (exact) mass is 286 g/mol. The smallest absolute Gasteiger partial charge is 0.320 e. The first kappa shape index (κ1) is 11.4. The summed E-state index contributed by atoms with van der Waals surface area (Å²) in [5.41, 5.74) is 0. The Morgan fingerprint density at radius 3 is 2.45 bits per heavy atom. The third kappa shape index (κ3) is 5.67. The van der Waals surface area contributed by atoms with Crippen LogP contribution in [0, 0.1) is 0 Å². The summed E-state index contributed by atoms with van der Waals surface area (Å²) in [5, 5.41) is 0.802. The molecule has 0 bridgehead atoms. The molecule has 0 saturated heterocycles. The van der Waals surface area contributed by atoms with Crippen molar-refractivity contribution in [2.75, 3.05) is 5.33 Å². The van der Waals surface area contributed by atoms with Crippen molar-refractivity contribution in [3.63, 3.8) is 0 Å². The average Bonchev–Trinajstić information content (AvgIpc) is 1.86. The lowest BCUT2D eigenvalue weighted by atomic mass is 10.3. The quantitative estimate of drug-likeness (QED) is 0.587. The van der Waals surface area contributed by atoms with Crippen LogP contribution in [-0.2, 0) is 9.53 Å². The van der Waals surface area contributed by atoms with Gasteiger partial charge in [0.1, 0.15) is 4.83 Å². The molecule has 0 aromatic carbocycles. The topological polar surface area (TPSA) is 26.3 Å². The Morgan fingerprint density at radius 1 is 1.55 bits per heavy atom. The normalized spacial score (nSPS) is 13.2. The number of alkyl halides is 2. The Kier molecular flexibility index (Phi) is 6.24. The van der Waals surface area contributed by atoms with E-state index in [0.717, 1.165) is 11.8 Å². The van der Waals surface area contributed by atoms with Crippen LogP contribution < -0.4 is 0 Å². The predicted molar refractivity (Wildman–Crippen MR) is 52.4 cm³/mol. The molecule has 0 aliphatic heterocycles. The van der Waals surface area contributed by atoms with Crippen molar-refractivity contribution >= 4 is 37.8 Å². The van der Waals surface area contributed by atoms with Crippen molar-refractivity contribution in [3.05, 3.63) is 0 Å². The lowest BCUT2D eigenvalue weighted by Gasteiger charge is -2.10. The van der Waals surface area contributed by atoms with Crippen molar-refractivity contribution < 1.29 is 9.53 Å². The number of hydrogen-bond acceptors (Lipinski definition) is 2. The molecule has 0 aromatic rings. The summed E-state index contributed by atoms with van der Waals surface area (Å²) in [4.78, 5) is 10.9. The van der Waals surface area contributed by atoms with E-state index in [4.69, 9.17) is 4.74 Å². The zero-order valence-corrected chi connectivity index (χ0v) is 9.81. The minimum Gasteiger partial charge on any atom is -0.462 e. The molecule has 0 saturated carbocycles. The Hall–Kier alpha value is 0.430. The Bertz CT molecular complexity index is 126. The van der Waals surface area contributed by atoms with Gasteiger partial charge in [-0.15, -0.1) is 0 Å². The maximum absolute atomic E-state index is 11.1. The number of halogens is 2. The van der Waals surface area contributed by atoms with E-state index in [1.165, 1.54) is 0 Å². The maximum Gasteiger partial charge on any atom is 0.320 e. The van der Waals surface area contributed by atoms with Gasteiger partial charge in [-0.25, -0.2) is 0 Å². The highest BCUT2D eigenvalue weighted by atomic mass is 79.9. The molecule has 11 heavy (non-hydrogen) atoms. The number of esters is 1. The maximum atomic E-state index is 11.1. The highest BCUT2D eigenvalue weighted by molar-refractivity contribution is 9.10. The van der Waals surface area contributed by atoms with Gasteiger partial charge in [-0.3, -0.25) is 4.79 Å². The molecule has 66 valence electrons. The summed E-state index contributed by atoms with van der Waals surface area (Å²) in [6.07, 6.45) is 0.726. The first-order valence-electron chi connectivity index (χ1n) is 3.48. The molecular formula is C7H12Br2O2. The van der Waals surface area contributed by atoms with E-state index in [1.54, 1.807) is 0 Å². The second-order valence-corrected chi connectivity index (χ2v) is 4.33. The van der Waals surface area contributed by atoms with Gasteiger partial charge in [0.2, 0.25) is 0 Å². The van der Waals surface area contributed by atoms with Gasteiger partial charge in [-0.1, -0.05) is 31.9 Å². The van der Waals surface area contributed by atoms with Crippen molar-refractivity contribution in [3.8, 4) is 0 Å². The van der Waals surface area contributed by atoms with Crippen LogP contribution in [0.15, 0.2) is 0 Å². The summed E-state index contributed by atoms with van der Waals surface area (Å²) in [6, 6.07) is 0. The van der Waals surface area contributed by atoms with Gasteiger partial charge in [0.15, 0.2) is 0 Å². The van der Waals surface area contributed by atoms with Crippen molar-refractivity contribution in [1.82, 2.24) is 0 Å². The minimum absolute atomic E-state index is 0.0297. The lowest BCUT2D eigenvalue weighted by molar-refractivity contribution is -0.146. The third-order valence-corrected chi connectivity index (χ3v) is 2.26. The van der Waals surface area contributed by atoms with Crippen molar-refractivity contribution in [1.29, 1.82) is 0 Å². The fourth-order valence-corrected chi connectivity index (χ4v) is 1.93. The molecule has 4 heteroatoms. The van der Waals surface area contributed by atoms with Crippen LogP contribution in [0.1, 0.15) is 20.3 Å². The van der Waals surface area contributed by atoms with E-state index < -0.39 is 0 Å². The fourth-order valence-electron chi connectivity index (χ4n) is 0.520. The summed E-state index contributed by atoms with van der Waals surface area (Å²) in [5.74, 6) is -0.181. The second-order valence-electron chi connectivity index (χ2n) is 2.43. The molecular weight excluding hydrogens is 276 g/mol. The van der Waals surface area contributed by atoms with Crippen LogP contribution in [0.2, 0.25) is 0 Å². The first-order chi connectivity index (χ1) is 5.07. The summed E-state index contributed by atoms with van der Waals surface area (Å²) < 4.78 is 4.96. The van der Waals surface area contributed by atoms with Crippen LogP contribution in [-0.4, -0.2) is 22.2 Å². The zero-order valence-electron chi connectivity index (χ0n) is 6.64. The number of rotatable bonds is 4. The first-order valence-corrected chi connectivity index (χ1v) is 5.52. The standard InChI is InChI=1S/C7H12Br2O2/c1-5(2)11-7(10)6(9)3-4-8/h5-6H,3-4H2,1-2H3. The molecule has 1 unspecified atom stereocenters. The third-order valence-electron chi connectivity index (χ3n) is 0.970. The van der Waals surface area contributed by atoms with Crippen LogP contribution >= 0.6 is 31.9 Å². The number of hydrogen-bond donors (Lipinski definition) is 0. The summed E-state index contributed by atoms with van der Waals surface area (Å²) in [7, 11) is 0. The number of carbonyl (C=O) groups is 1. The summed E-state index contributed by atoms with van der Waals surface area (Å²) in [6.45, 7) is 3.68. The average molecular weight is 288 g/mol. The minimum atomic E-state index is -0.181. The predicted octanol–water partition coefficient (Wildman–Crippen LogP) is 2.49. The molecule has 0 radical (unpaired) electrons. The van der Waals surface area contributed by atoms with Crippen molar-refractivity contribution in [2.45, 2.75) is 31.2 Å². The molecule has 0 aromatic heterocycles. The van der Waals surface area contributed by atoms with E-state index in [9.17, 15) is 4.79 Å². The van der Waals surface area contributed by atoms with Crippen molar-refractivity contribution in [2.24, 2.45) is 0 Å². The lowest BCUT2D eigenvalue weighted by Crippen LogP contribution is -2.21. The van der Waals surface area contributed by atoms with E-state index in [2.05, 4.69) is 31.9 Å². The highest BCUT2D eigenvalue weighted by Crippen LogP contribution is 2.10. The SMILES string of the molecule is CC(C)OC(=O)C(Br)CCBr. The van der Waals surface area contributed by atoms with E-state index >= 15 is 0 Å². The number of ether oxygens (including phenoxy) is 1. The second kappa shape index (κ2) is 6.00. The molecule has 0 aliphatic carbocycles. The molecule has 0 fully saturated rings. The number of carbonyl (C=O) groups excluding carboxylic acids is 1. The van der Waals surface area contributed by atoms with E-state index in [1.807, 2.05) is 13.8 Å². The van der Waals surface area contributed by atoms with Crippen LogP contribution in [0.4, 0.5) is 0 Å². The molecule has 0 N–H and O–H groups in total. The molecule has 1 atom stereocenters. The van der Waals surface area contributed by atoms with Gasteiger partial charge in [-0.05, 0) is 20.3 Å². The van der Waals surface area contributed by atoms with Gasteiger partial charge in [0.05, 0.1) is 6.10 Å². The molecule has 0 heterocycles. The summed E-state index contributed by atoms with van der Waals surface area (Å²) >= 11 is 6.47. The van der Waals surface area contributed by atoms with Crippen LogP contribution in [0.3, 0.4) is 0 Å². The van der Waals surface area contributed by atoms with Gasteiger partial charge in [0.25, 0.3) is 0 Å². The molecule has 0 amide bonds.